The Morgan fingerprint density at radius 2 is 1.93 bits per heavy atom. The van der Waals surface area contributed by atoms with Crippen LogP contribution in [0.15, 0.2) is 79.0 Å². The fraction of sp³-hybridized carbons (Fsp3) is 0.242. The van der Waals surface area contributed by atoms with Crippen LogP contribution in [-0.4, -0.2) is 56.3 Å². The van der Waals surface area contributed by atoms with E-state index in [9.17, 15) is 10.1 Å². The summed E-state index contributed by atoms with van der Waals surface area (Å²) in [6.07, 6.45) is 4.77. The number of nitrogens with one attached hydrogen (secondary N) is 2. The standard InChI is InChI=1S/C33H34ClN5O4/c1-4-42-31-19-28-26(18-29(31)38-32(40)11-8-14-39(2)15-16-41-3)33(24(20-35)21-36-28)37-25-12-13-30(27(34)17-25)43-22-23-9-6-5-7-10-23/h5-13,17-19,21H,4,14-16,22H2,1-3H3,(H,36,37)(H,38,40)/b11-8+. The van der Waals surface area contributed by atoms with Crippen LogP contribution in [0.2, 0.25) is 5.02 Å². The topological polar surface area (TPSA) is 109 Å². The summed E-state index contributed by atoms with van der Waals surface area (Å²) in [7, 11) is 3.60. The van der Waals surface area contributed by atoms with Gasteiger partial charge in [-0.1, -0.05) is 48.0 Å². The molecule has 9 nitrogen and oxygen atoms in total. The molecule has 0 aliphatic heterocycles. The molecule has 1 aromatic heterocycles. The summed E-state index contributed by atoms with van der Waals surface area (Å²) in [6, 6.07) is 20.9. The normalized spacial score (nSPS) is 11.1. The third-order valence-electron chi connectivity index (χ3n) is 6.45. The lowest BCUT2D eigenvalue weighted by molar-refractivity contribution is -0.111. The summed E-state index contributed by atoms with van der Waals surface area (Å²) in [5.74, 6) is 0.706. The highest BCUT2D eigenvalue weighted by Crippen LogP contribution is 2.37. The Morgan fingerprint density at radius 1 is 1.12 bits per heavy atom. The molecule has 1 amide bonds. The van der Waals surface area contributed by atoms with Crippen LogP contribution in [0.25, 0.3) is 10.9 Å². The first kappa shape index (κ1) is 31.3. The number of anilines is 3. The maximum Gasteiger partial charge on any atom is 0.248 e. The van der Waals surface area contributed by atoms with E-state index in [4.69, 9.17) is 25.8 Å². The molecular formula is C33H34ClN5O4. The summed E-state index contributed by atoms with van der Waals surface area (Å²) in [5, 5.41) is 17.2. The Bertz CT molecular complexity index is 1620. The number of hydrogen-bond acceptors (Lipinski definition) is 8. The molecule has 0 fully saturated rings. The fourth-order valence-electron chi connectivity index (χ4n) is 4.24. The zero-order chi connectivity index (χ0) is 30.6. The van der Waals surface area contributed by atoms with Crippen molar-refractivity contribution in [1.82, 2.24) is 9.88 Å². The van der Waals surface area contributed by atoms with Crippen LogP contribution < -0.4 is 20.1 Å². The van der Waals surface area contributed by atoms with Crippen LogP contribution in [0.1, 0.15) is 18.1 Å². The number of nitrogens with zero attached hydrogens (tertiary/aromatic N) is 3. The van der Waals surface area contributed by atoms with Gasteiger partial charge < -0.3 is 29.7 Å². The van der Waals surface area contributed by atoms with Gasteiger partial charge in [0.05, 0.1) is 40.7 Å². The monoisotopic (exact) mass is 599 g/mol. The zero-order valence-corrected chi connectivity index (χ0v) is 25.1. The van der Waals surface area contributed by atoms with Gasteiger partial charge in [-0.05, 0) is 43.8 Å². The molecule has 0 radical (unpaired) electrons. The summed E-state index contributed by atoms with van der Waals surface area (Å²) in [6.45, 7) is 4.60. The number of likely N-dealkylation sites (N-methyl/N-ethyl adjacent to an activating group) is 1. The van der Waals surface area contributed by atoms with Gasteiger partial charge in [-0.2, -0.15) is 5.26 Å². The Balaban J connectivity index is 1.59. The van der Waals surface area contributed by atoms with E-state index in [1.807, 2.05) is 55.3 Å². The van der Waals surface area contributed by atoms with Crippen molar-refractivity contribution in [3.63, 3.8) is 0 Å². The molecule has 0 atom stereocenters. The van der Waals surface area contributed by atoms with Crippen LogP contribution in [0.5, 0.6) is 11.5 Å². The largest absolute Gasteiger partial charge is 0.492 e. The lowest BCUT2D eigenvalue weighted by atomic mass is 10.1. The first-order chi connectivity index (χ1) is 20.9. The predicted molar refractivity (Wildman–Crippen MR) is 170 cm³/mol. The van der Waals surface area contributed by atoms with Gasteiger partial charge in [0.1, 0.15) is 24.2 Å². The second kappa shape index (κ2) is 15.6. The van der Waals surface area contributed by atoms with Crippen molar-refractivity contribution in [2.45, 2.75) is 13.5 Å². The molecule has 0 unspecified atom stereocenters. The quantitative estimate of drug-likeness (QED) is 0.157. The minimum atomic E-state index is -0.308. The van der Waals surface area contributed by atoms with Crippen LogP contribution in [0, 0.1) is 11.3 Å². The lowest BCUT2D eigenvalue weighted by Gasteiger charge is -2.16. The first-order valence-electron chi connectivity index (χ1n) is 13.8. The summed E-state index contributed by atoms with van der Waals surface area (Å²) >= 11 is 6.56. The van der Waals surface area contributed by atoms with Gasteiger partial charge in [-0.25, -0.2) is 0 Å². The fourth-order valence-corrected chi connectivity index (χ4v) is 4.47. The van der Waals surface area contributed by atoms with Crippen molar-refractivity contribution in [3.05, 3.63) is 95.2 Å². The number of fused-ring (bicyclic) bond motifs is 1. The predicted octanol–water partition coefficient (Wildman–Crippen LogP) is 6.55. The highest BCUT2D eigenvalue weighted by molar-refractivity contribution is 6.32. The number of ether oxygens (including phenoxy) is 3. The van der Waals surface area contributed by atoms with Gasteiger partial charge in [0.15, 0.2) is 0 Å². The molecule has 0 spiro atoms. The van der Waals surface area contributed by atoms with E-state index in [1.54, 1.807) is 37.5 Å². The maximum absolute atomic E-state index is 12.8. The highest BCUT2D eigenvalue weighted by atomic mass is 35.5. The smallest absolute Gasteiger partial charge is 0.248 e. The summed E-state index contributed by atoms with van der Waals surface area (Å²) in [4.78, 5) is 19.3. The third kappa shape index (κ3) is 8.69. The number of aromatic nitrogens is 1. The van der Waals surface area contributed by atoms with Crippen molar-refractivity contribution >= 4 is 45.5 Å². The van der Waals surface area contributed by atoms with E-state index in [-0.39, 0.29) is 5.91 Å². The number of carbonyl (C=O) groups is 1. The van der Waals surface area contributed by atoms with E-state index in [2.05, 4.69) is 21.7 Å². The van der Waals surface area contributed by atoms with Gasteiger partial charge in [0.25, 0.3) is 0 Å². The SMILES string of the molecule is CCOc1cc2ncc(C#N)c(Nc3ccc(OCc4ccccc4)c(Cl)c3)c2cc1NC(=O)/C=C/CN(C)CCOC. The van der Waals surface area contributed by atoms with Gasteiger partial charge in [0, 0.05) is 49.6 Å². The molecule has 2 N–H and O–H groups in total. The number of methoxy groups -OCH3 is 1. The van der Waals surface area contributed by atoms with E-state index in [1.165, 1.54) is 12.3 Å². The van der Waals surface area contributed by atoms with E-state index < -0.39 is 0 Å². The van der Waals surface area contributed by atoms with Gasteiger partial charge >= 0.3 is 0 Å². The number of hydrogen-bond donors (Lipinski definition) is 2. The Morgan fingerprint density at radius 3 is 2.65 bits per heavy atom. The molecule has 0 aliphatic carbocycles. The van der Waals surface area contributed by atoms with Crippen molar-refractivity contribution < 1.29 is 19.0 Å². The van der Waals surface area contributed by atoms with Crippen molar-refractivity contribution in [3.8, 4) is 17.6 Å². The average Bonchev–Trinajstić information content (AvgIpc) is 3.01. The number of nitriles is 1. The molecule has 0 bridgehead atoms. The highest BCUT2D eigenvalue weighted by Gasteiger charge is 2.16. The number of amides is 1. The summed E-state index contributed by atoms with van der Waals surface area (Å²) < 4.78 is 16.8. The molecule has 43 heavy (non-hydrogen) atoms. The molecule has 0 aliphatic rings. The number of benzene rings is 3. The Labute approximate surface area is 256 Å². The lowest BCUT2D eigenvalue weighted by Crippen LogP contribution is -2.23. The molecule has 1 heterocycles. The van der Waals surface area contributed by atoms with Crippen molar-refractivity contribution in [2.75, 3.05) is 51.1 Å². The van der Waals surface area contributed by atoms with Gasteiger partial charge in [-0.3, -0.25) is 9.78 Å². The Hall–Kier alpha value is -4.62. The minimum absolute atomic E-state index is 0.308. The number of halogens is 1. The molecule has 0 saturated heterocycles. The molecule has 3 aromatic carbocycles. The zero-order valence-electron chi connectivity index (χ0n) is 24.4. The van der Waals surface area contributed by atoms with Crippen LogP contribution >= 0.6 is 11.6 Å². The minimum Gasteiger partial charge on any atom is -0.492 e. The van der Waals surface area contributed by atoms with Gasteiger partial charge in [0.2, 0.25) is 5.91 Å². The average molecular weight is 600 g/mol. The van der Waals surface area contributed by atoms with Crippen molar-refractivity contribution in [2.24, 2.45) is 0 Å². The molecular weight excluding hydrogens is 566 g/mol. The first-order valence-corrected chi connectivity index (χ1v) is 14.2. The summed E-state index contributed by atoms with van der Waals surface area (Å²) in [5.41, 5.74) is 3.58. The van der Waals surface area contributed by atoms with Gasteiger partial charge in [-0.15, -0.1) is 0 Å². The van der Waals surface area contributed by atoms with Crippen LogP contribution in [0.4, 0.5) is 17.1 Å². The maximum atomic E-state index is 12.8. The van der Waals surface area contributed by atoms with Crippen LogP contribution in [-0.2, 0) is 16.1 Å². The second-order valence-corrected chi connectivity index (χ2v) is 10.1. The third-order valence-corrected chi connectivity index (χ3v) is 6.74. The molecule has 10 heteroatoms. The van der Waals surface area contributed by atoms with E-state index >= 15 is 0 Å². The van der Waals surface area contributed by atoms with E-state index in [0.29, 0.717) is 76.4 Å². The molecule has 0 saturated carbocycles. The molecule has 4 aromatic rings. The molecule has 4 rings (SSSR count). The van der Waals surface area contributed by atoms with Crippen molar-refractivity contribution in [1.29, 1.82) is 5.26 Å². The second-order valence-electron chi connectivity index (χ2n) is 9.65. The Kier molecular flexibility index (Phi) is 11.3. The molecule has 222 valence electrons. The van der Waals surface area contributed by atoms with E-state index in [0.717, 1.165) is 12.1 Å². The number of rotatable bonds is 14. The number of pyridine rings is 1. The van der Waals surface area contributed by atoms with Crippen LogP contribution in [0.3, 0.4) is 0 Å². The number of carbonyl (C=O) groups excluding carboxylic acids is 1.